The van der Waals surface area contributed by atoms with Gasteiger partial charge >= 0.3 is 5.97 Å². The van der Waals surface area contributed by atoms with Gasteiger partial charge in [0.25, 0.3) is 0 Å². The summed E-state index contributed by atoms with van der Waals surface area (Å²) in [6.45, 7) is 2.18. The number of carboxylic acid groups (broad SMARTS) is 1. The molecule has 0 aliphatic heterocycles. The lowest BCUT2D eigenvalue weighted by Gasteiger charge is -2.14. The first-order valence-electron chi connectivity index (χ1n) is 6.77. The van der Waals surface area contributed by atoms with Crippen LogP contribution < -0.4 is 5.32 Å². The van der Waals surface area contributed by atoms with E-state index >= 15 is 0 Å². The van der Waals surface area contributed by atoms with Gasteiger partial charge in [-0.05, 0) is 12.0 Å². The van der Waals surface area contributed by atoms with E-state index in [4.69, 9.17) is 9.84 Å². The third kappa shape index (κ3) is 6.33. The molecular formula is C15H21NO4. The van der Waals surface area contributed by atoms with Crippen molar-refractivity contribution in [3.05, 3.63) is 35.9 Å². The van der Waals surface area contributed by atoms with Crippen molar-refractivity contribution in [2.24, 2.45) is 0 Å². The predicted octanol–water partition coefficient (Wildman–Crippen LogP) is 1.96. The molecule has 1 rings (SSSR count). The molecule has 0 aliphatic rings. The summed E-state index contributed by atoms with van der Waals surface area (Å²) in [6, 6.07) is 8.66. The van der Waals surface area contributed by atoms with Crippen LogP contribution in [0.4, 0.5) is 0 Å². The first kappa shape index (κ1) is 16.2. The van der Waals surface area contributed by atoms with Crippen LogP contribution in [-0.4, -0.2) is 29.6 Å². The number of nitrogens with one attached hydrogen (secondary N) is 1. The molecule has 0 bridgehead atoms. The molecule has 5 heteroatoms. The van der Waals surface area contributed by atoms with Crippen LogP contribution in [0, 0.1) is 0 Å². The van der Waals surface area contributed by atoms with Crippen molar-refractivity contribution >= 4 is 11.9 Å². The van der Waals surface area contributed by atoms with E-state index in [0.717, 1.165) is 18.4 Å². The van der Waals surface area contributed by atoms with Gasteiger partial charge in [0.1, 0.15) is 12.6 Å². The van der Waals surface area contributed by atoms with Crippen LogP contribution in [0.2, 0.25) is 0 Å². The maximum absolute atomic E-state index is 11.6. The van der Waals surface area contributed by atoms with Gasteiger partial charge in [-0.25, -0.2) is 4.79 Å². The average molecular weight is 279 g/mol. The van der Waals surface area contributed by atoms with Crippen LogP contribution in [0.3, 0.4) is 0 Å². The summed E-state index contributed by atoms with van der Waals surface area (Å²) < 4.78 is 5.26. The van der Waals surface area contributed by atoms with Crippen molar-refractivity contribution in [1.82, 2.24) is 5.32 Å². The van der Waals surface area contributed by atoms with Gasteiger partial charge in [0.05, 0.1) is 6.61 Å². The van der Waals surface area contributed by atoms with Crippen LogP contribution in [-0.2, 0) is 20.9 Å². The Kier molecular flexibility index (Phi) is 7.35. The Morgan fingerprint density at radius 1 is 1.30 bits per heavy atom. The highest BCUT2D eigenvalue weighted by molar-refractivity contribution is 5.84. The molecule has 2 N–H and O–H groups in total. The fourth-order valence-corrected chi connectivity index (χ4v) is 1.74. The second-order valence-electron chi connectivity index (χ2n) is 4.58. The number of carbonyl (C=O) groups is 2. The SMILES string of the molecule is CCCC[C@H](NC(=O)COCc1ccccc1)C(=O)O. The van der Waals surface area contributed by atoms with Gasteiger partial charge in [-0.15, -0.1) is 0 Å². The maximum atomic E-state index is 11.6. The summed E-state index contributed by atoms with van der Waals surface area (Å²) in [6.07, 6.45) is 2.10. The summed E-state index contributed by atoms with van der Waals surface area (Å²) >= 11 is 0. The van der Waals surface area contributed by atoms with Crippen molar-refractivity contribution in [3.8, 4) is 0 Å². The minimum atomic E-state index is -1.00. The molecule has 0 heterocycles. The van der Waals surface area contributed by atoms with E-state index in [-0.39, 0.29) is 6.61 Å². The highest BCUT2D eigenvalue weighted by atomic mass is 16.5. The number of amides is 1. The summed E-state index contributed by atoms with van der Waals surface area (Å²) in [5, 5.41) is 11.5. The van der Waals surface area contributed by atoms with Crippen LogP contribution in [0.15, 0.2) is 30.3 Å². The van der Waals surface area contributed by atoms with Crippen LogP contribution >= 0.6 is 0 Å². The molecule has 1 aromatic rings. The molecule has 0 saturated carbocycles. The van der Waals surface area contributed by atoms with E-state index in [1.165, 1.54) is 0 Å². The molecule has 20 heavy (non-hydrogen) atoms. The third-order valence-corrected chi connectivity index (χ3v) is 2.82. The zero-order valence-electron chi connectivity index (χ0n) is 11.7. The molecule has 0 unspecified atom stereocenters. The number of carbonyl (C=O) groups excluding carboxylic acids is 1. The van der Waals surface area contributed by atoms with Crippen molar-refractivity contribution < 1.29 is 19.4 Å². The van der Waals surface area contributed by atoms with E-state index in [1.807, 2.05) is 37.3 Å². The zero-order chi connectivity index (χ0) is 14.8. The molecule has 1 atom stereocenters. The van der Waals surface area contributed by atoms with E-state index in [9.17, 15) is 9.59 Å². The molecule has 5 nitrogen and oxygen atoms in total. The number of unbranched alkanes of at least 4 members (excludes halogenated alkanes) is 1. The van der Waals surface area contributed by atoms with Crippen molar-refractivity contribution in [3.63, 3.8) is 0 Å². The van der Waals surface area contributed by atoms with Gasteiger partial charge in [-0.3, -0.25) is 4.79 Å². The summed E-state index contributed by atoms with van der Waals surface area (Å²) in [5.74, 6) is -1.40. The topological polar surface area (TPSA) is 75.6 Å². The van der Waals surface area contributed by atoms with E-state index in [0.29, 0.717) is 13.0 Å². The average Bonchev–Trinajstić information content (AvgIpc) is 2.44. The van der Waals surface area contributed by atoms with Crippen molar-refractivity contribution in [2.45, 2.75) is 38.8 Å². The monoisotopic (exact) mass is 279 g/mol. The minimum absolute atomic E-state index is 0.134. The number of carboxylic acids is 1. The molecule has 1 amide bonds. The first-order valence-corrected chi connectivity index (χ1v) is 6.77. The van der Waals surface area contributed by atoms with Crippen molar-refractivity contribution in [1.29, 1.82) is 0 Å². The van der Waals surface area contributed by atoms with Gasteiger partial charge in [0.15, 0.2) is 0 Å². The maximum Gasteiger partial charge on any atom is 0.326 e. The highest BCUT2D eigenvalue weighted by Crippen LogP contribution is 2.02. The second-order valence-corrected chi connectivity index (χ2v) is 4.58. The van der Waals surface area contributed by atoms with Gasteiger partial charge in [0, 0.05) is 0 Å². The Balaban J connectivity index is 2.29. The van der Waals surface area contributed by atoms with E-state index < -0.39 is 17.9 Å². The summed E-state index contributed by atoms with van der Waals surface area (Å²) in [4.78, 5) is 22.6. The standard InChI is InChI=1S/C15H21NO4/c1-2-3-9-13(15(18)19)16-14(17)11-20-10-12-7-5-4-6-8-12/h4-8,13H,2-3,9-11H2,1H3,(H,16,17)(H,18,19)/t13-/m0/s1. The predicted molar refractivity (Wildman–Crippen MR) is 75.2 cm³/mol. The largest absolute Gasteiger partial charge is 0.480 e. The molecule has 0 aromatic heterocycles. The number of benzene rings is 1. The molecule has 0 saturated heterocycles. The molecule has 0 aliphatic carbocycles. The Morgan fingerprint density at radius 2 is 2.00 bits per heavy atom. The zero-order valence-corrected chi connectivity index (χ0v) is 11.7. The number of aliphatic carboxylic acids is 1. The number of ether oxygens (including phenoxy) is 1. The molecule has 110 valence electrons. The lowest BCUT2D eigenvalue weighted by Crippen LogP contribution is -2.42. The summed E-state index contributed by atoms with van der Waals surface area (Å²) in [7, 11) is 0. The molecule has 0 radical (unpaired) electrons. The first-order chi connectivity index (χ1) is 9.63. The number of rotatable bonds is 9. The quantitative estimate of drug-likeness (QED) is 0.724. The Morgan fingerprint density at radius 3 is 2.60 bits per heavy atom. The lowest BCUT2D eigenvalue weighted by molar-refractivity contribution is -0.142. The van der Waals surface area contributed by atoms with Gasteiger partial charge < -0.3 is 15.2 Å². The lowest BCUT2D eigenvalue weighted by atomic mass is 10.1. The second kappa shape index (κ2) is 9.09. The number of hydrogen-bond donors (Lipinski definition) is 2. The fourth-order valence-electron chi connectivity index (χ4n) is 1.74. The van der Waals surface area contributed by atoms with Gasteiger partial charge in [-0.2, -0.15) is 0 Å². The molecule has 0 fully saturated rings. The Bertz CT molecular complexity index is 419. The van der Waals surface area contributed by atoms with E-state index in [2.05, 4.69) is 5.32 Å². The van der Waals surface area contributed by atoms with Crippen LogP contribution in [0.1, 0.15) is 31.7 Å². The van der Waals surface area contributed by atoms with Crippen LogP contribution in [0.5, 0.6) is 0 Å². The molecule has 0 spiro atoms. The Labute approximate surface area is 118 Å². The van der Waals surface area contributed by atoms with Gasteiger partial charge in [-0.1, -0.05) is 50.1 Å². The van der Waals surface area contributed by atoms with E-state index in [1.54, 1.807) is 0 Å². The normalized spacial score (nSPS) is 11.8. The highest BCUT2D eigenvalue weighted by Gasteiger charge is 2.18. The molecular weight excluding hydrogens is 258 g/mol. The van der Waals surface area contributed by atoms with Gasteiger partial charge in [0.2, 0.25) is 5.91 Å². The number of hydrogen-bond acceptors (Lipinski definition) is 3. The third-order valence-electron chi connectivity index (χ3n) is 2.82. The molecule has 1 aromatic carbocycles. The van der Waals surface area contributed by atoms with Crippen molar-refractivity contribution in [2.75, 3.05) is 6.61 Å². The smallest absolute Gasteiger partial charge is 0.326 e. The summed E-state index contributed by atoms with van der Waals surface area (Å²) in [5.41, 5.74) is 0.973. The minimum Gasteiger partial charge on any atom is -0.480 e. The Hall–Kier alpha value is -1.88. The van der Waals surface area contributed by atoms with Crippen LogP contribution in [0.25, 0.3) is 0 Å². The fraction of sp³-hybridized carbons (Fsp3) is 0.467.